The summed E-state index contributed by atoms with van der Waals surface area (Å²) in [4.78, 5) is 25.6. The number of hydrogen-bond acceptors (Lipinski definition) is 7. The van der Waals surface area contributed by atoms with Gasteiger partial charge in [-0.15, -0.1) is 11.3 Å². The third kappa shape index (κ3) is 3.85. The number of imidazole rings is 1. The van der Waals surface area contributed by atoms with Crippen molar-refractivity contribution < 1.29 is 0 Å². The first kappa shape index (κ1) is 21.6. The fourth-order valence-electron chi connectivity index (χ4n) is 4.82. The SMILES string of the molecule is Clc1ccc(-c2cncc3[nH]c(-c4n[nH]c5ccc(-c6cncc(CN7CCCC7)c6)nc45)nc23)s1. The van der Waals surface area contributed by atoms with Gasteiger partial charge in [-0.05, 0) is 61.8 Å². The molecule has 0 radical (unpaired) electrons. The van der Waals surface area contributed by atoms with E-state index in [0.717, 1.165) is 67.7 Å². The molecule has 0 aliphatic carbocycles. The lowest BCUT2D eigenvalue weighted by molar-refractivity contribution is 0.331. The Bertz CT molecular complexity index is 1710. The van der Waals surface area contributed by atoms with Crippen LogP contribution in [0, 0.1) is 0 Å². The summed E-state index contributed by atoms with van der Waals surface area (Å²) >= 11 is 7.68. The number of likely N-dealkylation sites (tertiary alicyclic amines) is 1. The maximum Gasteiger partial charge on any atom is 0.161 e. The molecule has 0 saturated carbocycles. The number of fused-ring (bicyclic) bond motifs is 2. The highest BCUT2D eigenvalue weighted by atomic mass is 35.5. The Morgan fingerprint density at radius 3 is 2.67 bits per heavy atom. The second kappa shape index (κ2) is 8.77. The summed E-state index contributed by atoms with van der Waals surface area (Å²) in [5.41, 5.74) is 7.90. The first-order chi connectivity index (χ1) is 17.7. The second-order valence-corrected chi connectivity index (χ2v) is 10.7. The van der Waals surface area contributed by atoms with Crippen LogP contribution in [0.5, 0.6) is 0 Å². The number of rotatable bonds is 5. The van der Waals surface area contributed by atoms with Crippen molar-refractivity contribution in [2.75, 3.05) is 13.1 Å². The van der Waals surface area contributed by atoms with Crippen LogP contribution in [-0.4, -0.2) is 53.1 Å². The van der Waals surface area contributed by atoms with Crippen molar-refractivity contribution in [2.24, 2.45) is 0 Å². The number of aromatic nitrogens is 7. The molecule has 2 N–H and O–H groups in total. The molecule has 1 aliphatic rings. The van der Waals surface area contributed by atoms with E-state index in [1.807, 2.05) is 42.9 Å². The predicted molar refractivity (Wildman–Crippen MR) is 143 cm³/mol. The molecule has 6 aromatic heterocycles. The molecule has 1 saturated heterocycles. The Balaban J connectivity index is 1.28. The maximum absolute atomic E-state index is 6.17. The van der Waals surface area contributed by atoms with Gasteiger partial charge < -0.3 is 4.98 Å². The fourth-order valence-corrected chi connectivity index (χ4v) is 5.88. The third-order valence-corrected chi connectivity index (χ3v) is 7.82. The predicted octanol–water partition coefficient (Wildman–Crippen LogP) is 5.94. The molecule has 0 unspecified atom stereocenters. The Hall–Kier alpha value is -3.66. The monoisotopic (exact) mass is 512 g/mol. The highest BCUT2D eigenvalue weighted by molar-refractivity contribution is 7.19. The van der Waals surface area contributed by atoms with Crippen LogP contribution >= 0.6 is 22.9 Å². The van der Waals surface area contributed by atoms with E-state index in [1.54, 1.807) is 6.20 Å². The minimum absolute atomic E-state index is 0.638. The van der Waals surface area contributed by atoms with Crippen molar-refractivity contribution in [1.82, 2.24) is 40.0 Å². The quantitative estimate of drug-likeness (QED) is 0.297. The van der Waals surface area contributed by atoms with Crippen LogP contribution in [0.2, 0.25) is 4.34 Å². The molecule has 0 amide bonds. The number of nitrogens with one attached hydrogen (secondary N) is 2. The smallest absolute Gasteiger partial charge is 0.161 e. The second-order valence-electron chi connectivity index (χ2n) is 9.00. The molecule has 7 heterocycles. The minimum atomic E-state index is 0.638. The number of thiophene rings is 1. The standard InChI is InChI=1S/C26H21ClN8S/c27-22-6-5-21(36-22)17-12-29-13-20-23(17)32-26(31-20)25-24-19(33-34-25)4-3-18(30-24)16-9-15(10-28-11-16)14-35-7-1-2-8-35/h3-6,9-13H,1-2,7-8,14H2,(H,31,32)(H,33,34). The highest BCUT2D eigenvalue weighted by Gasteiger charge is 2.18. The molecule has 0 bridgehead atoms. The van der Waals surface area contributed by atoms with Crippen molar-refractivity contribution in [3.05, 3.63) is 65.0 Å². The molecule has 0 atom stereocenters. The molecule has 7 rings (SSSR count). The number of H-pyrrole nitrogens is 2. The van der Waals surface area contributed by atoms with Crippen LogP contribution in [0.3, 0.4) is 0 Å². The zero-order valence-corrected chi connectivity index (χ0v) is 20.8. The number of hydrogen-bond donors (Lipinski definition) is 2. The molecule has 1 fully saturated rings. The van der Waals surface area contributed by atoms with Crippen LogP contribution in [0.25, 0.3) is 55.3 Å². The van der Waals surface area contributed by atoms with Crippen molar-refractivity contribution in [3.8, 4) is 33.2 Å². The number of halogens is 1. The van der Waals surface area contributed by atoms with Gasteiger partial charge in [0, 0.05) is 41.1 Å². The summed E-state index contributed by atoms with van der Waals surface area (Å²) in [6.07, 6.45) is 9.95. The van der Waals surface area contributed by atoms with E-state index in [4.69, 9.17) is 21.6 Å². The molecular formula is C26H21ClN8S. The number of pyridine rings is 3. The summed E-state index contributed by atoms with van der Waals surface area (Å²) in [5.74, 6) is 0.638. The first-order valence-corrected chi connectivity index (χ1v) is 13.0. The van der Waals surface area contributed by atoms with E-state index in [-0.39, 0.29) is 0 Å². The van der Waals surface area contributed by atoms with Crippen LogP contribution in [0.1, 0.15) is 18.4 Å². The Morgan fingerprint density at radius 1 is 0.917 bits per heavy atom. The molecule has 8 nitrogen and oxygen atoms in total. The zero-order valence-electron chi connectivity index (χ0n) is 19.2. The van der Waals surface area contributed by atoms with Crippen LogP contribution < -0.4 is 0 Å². The number of nitrogens with zero attached hydrogens (tertiary/aromatic N) is 6. The van der Waals surface area contributed by atoms with Gasteiger partial charge in [0.05, 0.1) is 27.3 Å². The van der Waals surface area contributed by atoms with E-state index in [9.17, 15) is 0 Å². The lowest BCUT2D eigenvalue weighted by atomic mass is 10.1. The van der Waals surface area contributed by atoms with Gasteiger partial charge in [0.15, 0.2) is 11.5 Å². The van der Waals surface area contributed by atoms with Gasteiger partial charge in [-0.3, -0.25) is 20.0 Å². The van der Waals surface area contributed by atoms with Crippen LogP contribution in [0.4, 0.5) is 0 Å². The Morgan fingerprint density at radius 2 is 1.81 bits per heavy atom. The van der Waals surface area contributed by atoms with Gasteiger partial charge in [-0.2, -0.15) is 5.10 Å². The lowest BCUT2D eigenvalue weighted by Gasteiger charge is -2.14. The van der Waals surface area contributed by atoms with E-state index in [2.05, 4.69) is 36.1 Å². The Labute approximate surface area is 215 Å². The van der Waals surface area contributed by atoms with Gasteiger partial charge >= 0.3 is 0 Å². The summed E-state index contributed by atoms with van der Waals surface area (Å²) in [5, 5.41) is 7.64. The van der Waals surface area contributed by atoms with E-state index in [1.165, 1.54) is 29.7 Å². The number of aromatic amines is 2. The van der Waals surface area contributed by atoms with Crippen molar-refractivity contribution in [1.29, 1.82) is 0 Å². The summed E-state index contributed by atoms with van der Waals surface area (Å²) < 4.78 is 0.728. The largest absolute Gasteiger partial charge is 0.335 e. The first-order valence-electron chi connectivity index (χ1n) is 11.8. The average Bonchev–Trinajstić information content (AvgIpc) is 3.70. The average molecular weight is 513 g/mol. The van der Waals surface area contributed by atoms with E-state index in [0.29, 0.717) is 11.5 Å². The lowest BCUT2D eigenvalue weighted by Crippen LogP contribution is -2.18. The Kier molecular flexibility index (Phi) is 5.27. The summed E-state index contributed by atoms with van der Waals surface area (Å²) in [6.45, 7) is 3.23. The molecule has 178 valence electrons. The molecule has 0 spiro atoms. The normalized spacial score (nSPS) is 14.4. The van der Waals surface area contributed by atoms with Gasteiger partial charge in [0.2, 0.25) is 0 Å². The fraction of sp³-hybridized carbons (Fsp3) is 0.192. The van der Waals surface area contributed by atoms with Gasteiger partial charge in [0.1, 0.15) is 11.0 Å². The van der Waals surface area contributed by atoms with E-state index >= 15 is 0 Å². The molecule has 6 aromatic rings. The minimum Gasteiger partial charge on any atom is -0.335 e. The van der Waals surface area contributed by atoms with Gasteiger partial charge in [-0.1, -0.05) is 11.6 Å². The molecule has 36 heavy (non-hydrogen) atoms. The molecular weight excluding hydrogens is 492 g/mol. The maximum atomic E-state index is 6.17. The van der Waals surface area contributed by atoms with Gasteiger partial charge in [-0.25, -0.2) is 9.97 Å². The summed E-state index contributed by atoms with van der Waals surface area (Å²) in [7, 11) is 0. The molecule has 1 aliphatic heterocycles. The molecule has 10 heteroatoms. The van der Waals surface area contributed by atoms with Gasteiger partial charge in [0.25, 0.3) is 0 Å². The molecule has 0 aromatic carbocycles. The summed E-state index contributed by atoms with van der Waals surface area (Å²) in [6, 6.07) is 10.1. The zero-order chi connectivity index (χ0) is 24.1. The van der Waals surface area contributed by atoms with Crippen molar-refractivity contribution >= 4 is 45.0 Å². The van der Waals surface area contributed by atoms with Crippen molar-refractivity contribution in [3.63, 3.8) is 0 Å². The van der Waals surface area contributed by atoms with Crippen LogP contribution in [-0.2, 0) is 6.54 Å². The topological polar surface area (TPSA) is 99.3 Å². The van der Waals surface area contributed by atoms with E-state index < -0.39 is 0 Å². The van der Waals surface area contributed by atoms with Crippen molar-refractivity contribution in [2.45, 2.75) is 19.4 Å². The highest BCUT2D eigenvalue weighted by Crippen LogP contribution is 2.35. The third-order valence-electron chi connectivity index (χ3n) is 6.56. The van der Waals surface area contributed by atoms with Crippen LogP contribution in [0.15, 0.2) is 55.1 Å².